The normalized spacial score (nSPS) is 21.8. The first-order valence-corrected chi connectivity index (χ1v) is 7.66. The number of nitrogens with two attached hydrogens (primary N) is 1. The molecule has 3 nitrogen and oxygen atoms in total. The summed E-state index contributed by atoms with van der Waals surface area (Å²) in [7, 11) is 1.77. The van der Waals surface area contributed by atoms with Gasteiger partial charge < -0.3 is 15.0 Å². The minimum atomic E-state index is 0.192. The molecule has 1 atom stereocenters. The zero-order chi connectivity index (χ0) is 15.0. The van der Waals surface area contributed by atoms with E-state index in [0.29, 0.717) is 5.41 Å². The molecule has 0 spiro atoms. The standard InChI is InChI=1S/C17H30N2O/c1-16(2,7-9-20-5)12-19-8-6-13-14(18)10-17(3,4)11-15(13)19/h6,8,14H,7,9-12,18H2,1-5H3. The molecule has 0 saturated heterocycles. The molecule has 1 aromatic heterocycles. The summed E-state index contributed by atoms with van der Waals surface area (Å²) in [5.74, 6) is 0. The largest absolute Gasteiger partial charge is 0.385 e. The third kappa shape index (κ3) is 3.44. The van der Waals surface area contributed by atoms with Crippen molar-refractivity contribution < 1.29 is 4.74 Å². The molecule has 0 aliphatic heterocycles. The fourth-order valence-electron chi connectivity index (χ4n) is 3.36. The topological polar surface area (TPSA) is 40.2 Å². The van der Waals surface area contributed by atoms with Gasteiger partial charge in [-0.1, -0.05) is 27.7 Å². The number of hydrogen-bond acceptors (Lipinski definition) is 2. The Kier molecular flexibility index (Phi) is 4.31. The van der Waals surface area contributed by atoms with Crippen LogP contribution in [0.3, 0.4) is 0 Å². The number of hydrogen-bond donors (Lipinski definition) is 1. The highest BCUT2D eigenvalue weighted by Gasteiger charge is 2.33. The maximum Gasteiger partial charge on any atom is 0.0468 e. The van der Waals surface area contributed by atoms with E-state index in [1.807, 2.05) is 0 Å². The van der Waals surface area contributed by atoms with Crippen molar-refractivity contribution in [2.45, 2.75) is 59.5 Å². The first-order chi connectivity index (χ1) is 9.24. The van der Waals surface area contributed by atoms with Gasteiger partial charge in [-0.15, -0.1) is 0 Å². The van der Waals surface area contributed by atoms with E-state index in [0.717, 1.165) is 32.4 Å². The summed E-state index contributed by atoms with van der Waals surface area (Å²) in [6.07, 6.45) is 5.51. The maximum absolute atomic E-state index is 6.35. The third-order valence-electron chi connectivity index (χ3n) is 4.51. The third-order valence-corrected chi connectivity index (χ3v) is 4.51. The van der Waals surface area contributed by atoms with E-state index < -0.39 is 0 Å². The van der Waals surface area contributed by atoms with Crippen LogP contribution in [-0.2, 0) is 17.7 Å². The number of ether oxygens (including phenoxy) is 1. The molecule has 2 N–H and O–H groups in total. The van der Waals surface area contributed by atoms with Crippen LogP contribution in [0.5, 0.6) is 0 Å². The monoisotopic (exact) mass is 278 g/mol. The van der Waals surface area contributed by atoms with Gasteiger partial charge in [0.2, 0.25) is 0 Å². The zero-order valence-corrected chi connectivity index (χ0v) is 13.7. The van der Waals surface area contributed by atoms with Gasteiger partial charge >= 0.3 is 0 Å². The first-order valence-electron chi connectivity index (χ1n) is 7.66. The fourth-order valence-corrected chi connectivity index (χ4v) is 3.36. The van der Waals surface area contributed by atoms with E-state index in [1.54, 1.807) is 7.11 Å². The van der Waals surface area contributed by atoms with Crippen molar-refractivity contribution in [1.29, 1.82) is 0 Å². The summed E-state index contributed by atoms with van der Waals surface area (Å²) >= 11 is 0. The number of aromatic nitrogens is 1. The van der Waals surface area contributed by atoms with Crippen LogP contribution in [0.25, 0.3) is 0 Å². The highest BCUT2D eigenvalue weighted by molar-refractivity contribution is 5.30. The molecular formula is C17H30N2O. The average Bonchev–Trinajstić information content (AvgIpc) is 2.68. The second kappa shape index (κ2) is 5.53. The average molecular weight is 278 g/mol. The predicted molar refractivity (Wildman–Crippen MR) is 83.7 cm³/mol. The summed E-state index contributed by atoms with van der Waals surface area (Å²) in [6.45, 7) is 11.1. The molecule has 1 aliphatic rings. The van der Waals surface area contributed by atoms with Crippen LogP contribution < -0.4 is 5.73 Å². The van der Waals surface area contributed by atoms with Gasteiger partial charge in [0.25, 0.3) is 0 Å². The smallest absolute Gasteiger partial charge is 0.0468 e. The van der Waals surface area contributed by atoms with Gasteiger partial charge in [-0.05, 0) is 41.7 Å². The van der Waals surface area contributed by atoms with Crippen LogP contribution in [0.1, 0.15) is 57.8 Å². The van der Waals surface area contributed by atoms with Crippen LogP contribution in [0, 0.1) is 10.8 Å². The van der Waals surface area contributed by atoms with Crippen LogP contribution in [0.2, 0.25) is 0 Å². The zero-order valence-electron chi connectivity index (χ0n) is 13.7. The Balaban J connectivity index is 2.19. The van der Waals surface area contributed by atoms with Gasteiger partial charge in [-0.2, -0.15) is 0 Å². The van der Waals surface area contributed by atoms with E-state index in [4.69, 9.17) is 10.5 Å². The second-order valence-electron chi connectivity index (χ2n) is 7.90. The van der Waals surface area contributed by atoms with Crippen molar-refractivity contribution in [3.8, 4) is 0 Å². The highest BCUT2D eigenvalue weighted by atomic mass is 16.5. The Morgan fingerprint density at radius 3 is 2.80 bits per heavy atom. The molecule has 0 fully saturated rings. The molecule has 0 bridgehead atoms. The minimum Gasteiger partial charge on any atom is -0.385 e. The lowest BCUT2D eigenvalue weighted by molar-refractivity contribution is 0.141. The van der Waals surface area contributed by atoms with Gasteiger partial charge in [0.15, 0.2) is 0 Å². The Hall–Kier alpha value is -0.800. The summed E-state index contributed by atoms with van der Waals surface area (Å²) < 4.78 is 7.65. The van der Waals surface area contributed by atoms with E-state index in [1.165, 1.54) is 11.3 Å². The van der Waals surface area contributed by atoms with Gasteiger partial charge in [-0.3, -0.25) is 0 Å². The van der Waals surface area contributed by atoms with Gasteiger partial charge in [-0.25, -0.2) is 0 Å². The molecule has 2 rings (SSSR count). The van der Waals surface area contributed by atoms with Crippen LogP contribution >= 0.6 is 0 Å². The Morgan fingerprint density at radius 2 is 2.15 bits per heavy atom. The SMILES string of the molecule is COCCC(C)(C)Cn1ccc2c1CC(C)(C)CC2N. The van der Waals surface area contributed by atoms with Gasteiger partial charge in [0, 0.05) is 38.2 Å². The molecule has 0 radical (unpaired) electrons. The van der Waals surface area contributed by atoms with Gasteiger partial charge in [0.1, 0.15) is 0 Å². The number of methoxy groups -OCH3 is 1. The lowest BCUT2D eigenvalue weighted by Crippen LogP contribution is -2.31. The summed E-state index contributed by atoms with van der Waals surface area (Å²) in [5.41, 5.74) is 9.69. The molecule has 3 heteroatoms. The molecular weight excluding hydrogens is 248 g/mol. The minimum absolute atomic E-state index is 0.192. The van der Waals surface area contributed by atoms with E-state index in [2.05, 4.69) is 44.5 Å². The summed E-state index contributed by atoms with van der Waals surface area (Å²) in [6, 6.07) is 2.42. The van der Waals surface area contributed by atoms with Crippen molar-refractivity contribution in [1.82, 2.24) is 4.57 Å². The van der Waals surface area contributed by atoms with Crippen molar-refractivity contribution in [2.75, 3.05) is 13.7 Å². The predicted octanol–water partition coefficient (Wildman–Crippen LogP) is 3.52. The molecule has 0 aromatic carbocycles. The molecule has 20 heavy (non-hydrogen) atoms. The number of rotatable bonds is 5. The van der Waals surface area contributed by atoms with E-state index in [9.17, 15) is 0 Å². The molecule has 1 aromatic rings. The second-order valence-corrected chi connectivity index (χ2v) is 7.90. The van der Waals surface area contributed by atoms with Crippen LogP contribution in [0.15, 0.2) is 12.3 Å². The maximum atomic E-state index is 6.35. The van der Waals surface area contributed by atoms with Crippen molar-refractivity contribution >= 4 is 0 Å². The van der Waals surface area contributed by atoms with Crippen molar-refractivity contribution in [3.63, 3.8) is 0 Å². The highest BCUT2D eigenvalue weighted by Crippen LogP contribution is 2.40. The van der Waals surface area contributed by atoms with Crippen molar-refractivity contribution in [2.24, 2.45) is 16.6 Å². The quantitative estimate of drug-likeness (QED) is 0.895. The van der Waals surface area contributed by atoms with Gasteiger partial charge in [0.05, 0.1) is 0 Å². The number of fused-ring (bicyclic) bond motifs is 1. The molecule has 1 aliphatic carbocycles. The summed E-state index contributed by atoms with van der Waals surface area (Å²) in [4.78, 5) is 0. The molecule has 1 unspecified atom stereocenters. The lowest BCUT2D eigenvalue weighted by atomic mass is 9.74. The first kappa shape index (κ1) is 15.6. The molecule has 0 amide bonds. The lowest BCUT2D eigenvalue weighted by Gasteiger charge is -2.35. The Bertz CT molecular complexity index is 460. The van der Waals surface area contributed by atoms with E-state index in [-0.39, 0.29) is 11.5 Å². The Labute approximate surface area is 123 Å². The number of nitrogens with zero attached hydrogens (tertiary/aromatic N) is 1. The molecule has 0 saturated carbocycles. The molecule has 1 heterocycles. The Morgan fingerprint density at radius 1 is 1.45 bits per heavy atom. The molecule has 114 valence electrons. The fraction of sp³-hybridized carbons (Fsp3) is 0.765. The van der Waals surface area contributed by atoms with Crippen LogP contribution in [-0.4, -0.2) is 18.3 Å². The van der Waals surface area contributed by atoms with Crippen molar-refractivity contribution in [3.05, 3.63) is 23.5 Å². The van der Waals surface area contributed by atoms with Crippen LogP contribution in [0.4, 0.5) is 0 Å². The summed E-state index contributed by atoms with van der Waals surface area (Å²) in [5, 5.41) is 0. The van der Waals surface area contributed by atoms with E-state index >= 15 is 0 Å².